The molecule has 0 atom stereocenters. The third-order valence-electron chi connectivity index (χ3n) is 2.82. The van der Waals surface area contributed by atoms with Gasteiger partial charge in [-0.3, -0.25) is 0 Å². The number of benzene rings is 2. The van der Waals surface area contributed by atoms with Gasteiger partial charge in [0, 0.05) is 0 Å². The fourth-order valence-corrected chi connectivity index (χ4v) is 5.25. The minimum absolute atomic E-state index is 0.984. The molecular formula is C16H18OSe. The summed E-state index contributed by atoms with van der Waals surface area (Å²) < 4.78 is 14.6. The molecule has 0 aliphatic heterocycles. The Hall–Kier alpha value is -1.24. The third-order valence-corrected chi connectivity index (χ3v) is 5.60. The molecule has 2 aromatic carbocycles. The number of hydrogen-bond donors (Lipinski definition) is 0. The number of aryl methyl sites for hydroxylation is 4. The summed E-state index contributed by atoms with van der Waals surface area (Å²) in [5, 5.41) is 0. The molecule has 0 amide bonds. The molecule has 0 fully saturated rings. The molecule has 0 heterocycles. The van der Waals surface area contributed by atoms with E-state index >= 15 is 0 Å². The Morgan fingerprint density at radius 3 is 1.17 bits per heavy atom. The van der Waals surface area contributed by atoms with Crippen molar-refractivity contribution < 1.29 is 3.83 Å². The Balaban J connectivity index is 2.47. The van der Waals surface area contributed by atoms with Crippen molar-refractivity contribution in [2.24, 2.45) is 0 Å². The van der Waals surface area contributed by atoms with E-state index in [1.165, 1.54) is 22.3 Å². The topological polar surface area (TPSA) is 17.1 Å². The summed E-state index contributed by atoms with van der Waals surface area (Å²) in [5.41, 5.74) is 4.72. The Labute approximate surface area is 113 Å². The van der Waals surface area contributed by atoms with Crippen LogP contribution in [-0.4, -0.2) is 13.8 Å². The van der Waals surface area contributed by atoms with Crippen LogP contribution in [0.1, 0.15) is 22.3 Å². The molecule has 0 radical (unpaired) electrons. The van der Waals surface area contributed by atoms with Gasteiger partial charge in [-0.15, -0.1) is 0 Å². The van der Waals surface area contributed by atoms with Crippen LogP contribution in [0.15, 0.2) is 36.4 Å². The zero-order valence-corrected chi connectivity index (χ0v) is 13.0. The van der Waals surface area contributed by atoms with Crippen LogP contribution in [0.25, 0.3) is 0 Å². The Morgan fingerprint density at radius 1 is 0.611 bits per heavy atom. The molecule has 0 N–H and O–H groups in total. The standard InChI is InChI=1S/C16H18OSe/c1-11-5-12(2)8-15(7-11)18(17)16-9-13(3)6-14(4)10-16/h5-10H,1-4H3. The molecular weight excluding hydrogens is 287 g/mol. The fraction of sp³-hybridized carbons (Fsp3) is 0.250. The van der Waals surface area contributed by atoms with Crippen LogP contribution in [0, 0.1) is 27.7 Å². The number of rotatable bonds is 2. The van der Waals surface area contributed by atoms with E-state index in [9.17, 15) is 3.83 Å². The normalized spacial score (nSPS) is 10.9. The van der Waals surface area contributed by atoms with Gasteiger partial charge in [-0.2, -0.15) is 0 Å². The summed E-state index contributed by atoms with van der Waals surface area (Å²) in [6, 6.07) is 12.4. The minimum atomic E-state index is -2.13. The van der Waals surface area contributed by atoms with Crippen LogP contribution >= 0.6 is 0 Å². The first kappa shape index (κ1) is 13.2. The van der Waals surface area contributed by atoms with Crippen molar-refractivity contribution in [3.63, 3.8) is 0 Å². The molecule has 0 aromatic heterocycles. The molecule has 0 saturated carbocycles. The first-order valence-corrected chi connectivity index (χ1v) is 8.45. The summed E-state index contributed by atoms with van der Waals surface area (Å²) in [6.07, 6.45) is 0. The van der Waals surface area contributed by atoms with E-state index in [0.717, 1.165) is 8.92 Å². The Kier molecular flexibility index (Phi) is 3.79. The maximum atomic E-state index is 12.7. The van der Waals surface area contributed by atoms with Gasteiger partial charge >= 0.3 is 113 Å². The second kappa shape index (κ2) is 5.17. The first-order chi connectivity index (χ1) is 8.45. The molecule has 0 aliphatic rings. The second-order valence-electron chi connectivity index (χ2n) is 4.92. The van der Waals surface area contributed by atoms with Crippen LogP contribution in [-0.2, 0) is 3.83 Å². The summed E-state index contributed by atoms with van der Waals surface area (Å²) in [4.78, 5) is 0. The molecule has 0 unspecified atom stereocenters. The molecule has 1 nitrogen and oxygen atoms in total. The van der Waals surface area contributed by atoms with Crippen molar-refractivity contribution >= 4 is 22.8 Å². The summed E-state index contributed by atoms with van der Waals surface area (Å²) >= 11 is -2.13. The van der Waals surface area contributed by atoms with E-state index in [0.29, 0.717) is 0 Å². The van der Waals surface area contributed by atoms with Gasteiger partial charge in [-0.1, -0.05) is 0 Å². The molecule has 2 heteroatoms. The van der Waals surface area contributed by atoms with Gasteiger partial charge in [-0.05, 0) is 0 Å². The molecule has 0 bridgehead atoms. The van der Waals surface area contributed by atoms with E-state index < -0.39 is 13.8 Å². The molecule has 2 aromatic rings. The van der Waals surface area contributed by atoms with Gasteiger partial charge in [0.15, 0.2) is 0 Å². The Morgan fingerprint density at radius 2 is 0.889 bits per heavy atom. The van der Waals surface area contributed by atoms with Crippen LogP contribution in [0.2, 0.25) is 0 Å². The van der Waals surface area contributed by atoms with E-state index in [2.05, 4.69) is 39.8 Å². The van der Waals surface area contributed by atoms with E-state index in [1.54, 1.807) is 0 Å². The zero-order valence-electron chi connectivity index (χ0n) is 11.3. The van der Waals surface area contributed by atoms with Crippen LogP contribution < -0.4 is 8.92 Å². The fourth-order valence-electron chi connectivity index (χ4n) is 2.22. The van der Waals surface area contributed by atoms with Crippen molar-refractivity contribution in [3.8, 4) is 0 Å². The molecule has 94 valence electrons. The predicted molar refractivity (Wildman–Crippen MR) is 77.5 cm³/mol. The quantitative estimate of drug-likeness (QED) is 0.779. The zero-order chi connectivity index (χ0) is 13.3. The van der Waals surface area contributed by atoms with Gasteiger partial charge < -0.3 is 0 Å². The molecule has 0 aliphatic carbocycles. The maximum absolute atomic E-state index is 12.7. The summed E-state index contributed by atoms with van der Waals surface area (Å²) in [5.74, 6) is 0. The van der Waals surface area contributed by atoms with Gasteiger partial charge in [0.2, 0.25) is 0 Å². The van der Waals surface area contributed by atoms with Gasteiger partial charge in [0.25, 0.3) is 0 Å². The van der Waals surface area contributed by atoms with Crippen LogP contribution in [0.3, 0.4) is 0 Å². The monoisotopic (exact) mass is 306 g/mol. The van der Waals surface area contributed by atoms with Crippen LogP contribution in [0.4, 0.5) is 0 Å². The van der Waals surface area contributed by atoms with Gasteiger partial charge in [0.05, 0.1) is 0 Å². The van der Waals surface area contributed by atoms with Crippen molar-refractivity contribution in [1.82, 2.24) is 0 Å². The molecule has 0 saturated heterocycles. The van der Waals surface area contributed by atoms with Crippen molar-refractivity contribution in [3.05, 3.63) is 58.7 Å². The SMILES string of the molecule is Cc1cc(C)cc([Se](=O)c2cc(C)cc(C)c2)c1. The third kappa shape index (κ3) is 2.95. The first-order valence-electron chi connectivity index (χ1n) is 6.04. The van der Waals surface area contributed by atoms with Crippen LogP contribution in [0.5, 0.6) is 0 Å². The van der Waals surface area contributed by atoms with E-state index in [-0.39, 0.29) is 0 Å². The van der Waals surface area contributed by atoms with Crippen molar-refractivity contribution in [2.45, 2.75) is 27.7 Å². The average Bonchev–Trinajstić information content (AvgIpc) is 2.25. The summed E-state index contributed by atoms with van der Waals surface area (Å²) in [6.45, 7) is 8.21. The van der Waals surface area contributed by atoms with E-state index in [4.69, 9.17) is 0 Å². The van der Waals surface area contributed by atoms with E-state index in [1.807, 2.05) is 24.3 Å². The van der Waals surface area contributed by atoms with Gasteiger partial charge in [0.1, 0.15) is 0 Å². The van der Waals surface area contributed by atoms with Crippen molar-refractivity contribution in [2.75, 3.05) is 0 Å². The second-order valence-corrected chi connectivity index (χ2v) is 8.02. The van der Waals surface area contributed by atoms with Gasteiger partial charge in [-0.25, -0.2) is 0 Å². The predicted octanol–water partition coefficient (Wildman–Crippen LogP) is 2.46. The average molecular weight is 305 g/mol. The number of hydrogen-bond acceptors (Lipinski definition) is 1. The molecule has 2 rings (SSSR count). The molecule has 18 heavy (non-hydrogen) atoms. The van der Waals surface area contributed by atoms with Crippen molar-refractivity contribution in [1.29, 1.82) is 0 Å². The summed E-state index contributed by atoms with van der Waals surface area (Å²) in [7, 11) is 0. The Bertz CT molecular complexity index is 520. The molecule has 0 spiro atoms.